The van der Waals surface area contributed by atoms with Crippen molar-refractivity contribution in [2.24, 2.45) is 0 Å². The molecule has 0 saturated carbocycles. The first-order valence-corrected chi connectivity index (χ1v) is 10.6. The smallest absolute Gasteiger partial charge is 0.230 e. The molecule has 0 aliphatic rings. The van der Waals surface area contributed by atoms with Crippen molar-refractivity contribution >= 4 is 29.4 Å². The van der Waals surface area contributed by atoms with Crippen molar-refractivity contribution in [1.29, 1.82) is 0 Å². The Morgan fingerprint density at radius 2 is 2.04 bits per heavy atom. The molecule has 1 atom stereocenters. The second kappa shape index (κ2) is 10.4. The van der Waals surface area contributed by atoms with Crippen LogP contribution in [0.3, 0.4) is 0 Å². The van der Waals surface area contributed by atoms with E-state index in [9.17, 15) is 4.79 Å². The largest absolute Gasteiger partial charge is 0.353 e. The van der Waals surface area contributed by atoms with E-state index in [-0.39, 0.29) is 11.9 Å². The Bertz CT molecular complexity index is 728. The highest BCUT2D eigenvalue weighted by atomic mass is 32.2. The maximum absolute atomic E-state index is 12.0. The van der Waals surface area contributed by atoms with E-state index in [2.05, 4.69) is 60.2 Å². The van der Waals surface area contributed by atoms with Crippen LogP contribution in [0.25, 0.3) is 0 Å². The molecule has 1 heterocycles. The van der Waals surface area contributed by atoms with Gasteiger partial charge in [-0.25, -0.2) is 0 Å². The third kappa shape index (κ3) is 6.21. The molecule has 140 valence electrons. The van der Waals surface area contributed by atoms with Gasteiger partial charge in [-0.15, -0.1) is 28.5 Å². The highest BCUT2D eigenvalue weighted by molar-refractivity contribution is 7.99. The zero-order valence-electron chi connectivity index (χ0n) is 15.6. The van der Waals surface area contributed by atoms with Gasteiger partial charge in [0.2, 0.25) is 5.91 Å². The van der Waals surface area contributed by atoms with E-state index in [4.69, 9.17) is 0 Å². The van der Waals surface area contributed by atoms with E-state index in [1.807, 2.05) is 17.6 Å². The molecule has 5 nitrogen and oxygen atoms in total. The van der Waals surface area contributed by atoms with Crippen LogP contribution in [0.2, 0.25) is 0 Å². The summed E-state index contributed by atoms with van der Waals surface area (Å²) in [5.74, 6) is 1.97. The molecule has 0 saturated heterocycles. The molecule has 7 heteroatoms. The van der Waals surface area contributed by atoms with Crippen LogP contribution in [0, 0.1) is 6.92 Å². The first kappa shape index (κ1) is 20.6. The van der Waals surface area contributed by atoms with Crippen LogP contribution in [0.4, 0.5) is 0 Å². The normalized spacial score (nSPS) is 12.0. The predicted molar refractivity (Wildman–Crippen MR) is 110 cm³/mol. The molecule has 2 rings (SSSR count). The Labute approximate surface area is 164 Å². The van der Waals surface area contributed by atoms with Gasteiger partial charge in [-0.1, -0.05) is 42.5 Å². The van der Waals surface area contributed by atoms with Crippen LogP contribution in [0.5, 0.6) is 0 Å². The number of amides is 1. The number of nitrogens with one attached hydrogen (secondary N) is 1. The van der Waals surface area contributed by atoms with Crippen molar-refractivity contribution in [3.05, 3.63) is 48.3 Å². The van der Waals surface area contributed by atoms with E-state index in [1.54, 1.807) is 11.8 Å². The average molecular weight is 391 g/mol. The third-order valence-corrected chi connectivity index (χ3v) is 5.82. The number of aryl methyl sites for hydroxylation is 1. The van der Waals surface area contributed by atoms with Gasteiger partial charge in [0.25, 0.3) is 0 Å². The summed E-state index contributed by atoms with van der Waals surface area (Å²) in [6, 6.07) is 8.63. The highest BCUT2D eigenvalue weighted by Crippen LogP contribution is 2.25. The van der Waals surface area contributed by atoms with Gasteiger partial charge in [-0.05, 0) is 32.4 Å². The van der Waals surface area contributed by atoms with Crippen molar-refractivity contribution in [2.45, 2.75) is 55.6 Å². The van der Waals surface area contributed by atoms with Crippen LogP contribution in [-0.2, 0) is 17.1 Å². The lowest BCUT2D eigenvalue weighted by Gasteiger charge is -2.11. The van der Waals surface area contributed by atoms with Crippen LogP contribution in [0.1, 0.15) is 31.7 Å². The zero-order valence-corrected chi connectivity index (χ0v) is 17.2. The van der Waals surface area contributed by atoms with Crippen molar-refractivity contribution in [3.63, 3.8) is 0 Å². The number of carbonyl (C=O) groups is 1. The molecule has 0 fully saturated rings. The third-order valence-electron chi connectivity index (χ3n) is 3.85. The summed E-state index contributed by atoms with van der Waals surface area (Å²) < 4.78 is 2.02. The molecule has 0 bridgehead atoms. The minimum atomic E-state index is 0.0214. The molecule has 1 N–H and O–H groups in total. The van der Waals surface area contributed by atoms with Crippen LogP contribution < -0.4 is 5.32 Å². The number of aromatic nitrogens is 3. The summed E-state index contributed by atoms with van der Waals surface area (Å²) in [4.78, 5) is 13.2. The first-order valence-electron chi connectivity index (χ1n) is 8.68. The zero-order chi connectivity index (χ0) is 18.9. The fourth-order valence-electron chi connectivity index (χ4n) is 2.18. The fraction of sp³-hybridized carbons (Fsp3) is 0.421. The minimum absolute atomic E-state index is 0.0214. The van der Waals surface area contributed by atoms with Gasteiger partial charge >= 0.3 is 0 Å². The number of rotatable bonds is 10. The summed E-state index contributed by atoms with van der Waals surface area (Å²) in [5.41, 5.74) is 1.25. The van der Waals surface area contributed by atoms with Crippen molar-refractivity contribution < 1.29 is 4.79 Å². The van der Waals surface area contributed by atoms with Crippen LogP contribution in [-0.4, -0.2) is 32.5 Å². The van der Waals surface area contributed by atoms with E-state index in [0.717, 1.165) is 23.2 Å². The second-order valence-corrected chi connectivity index (χ2v) is 8.06. The number of benzene rings is 1. The molecule has 0 radical (unpaired) electrons. The number of nitrogens with zero attached hydrogens (tertiary/aromatic N) is 3. The SMILES string of the molecule is C=CCn1c(CSc2ccc(C)cc2)nnc1SCC(=O)NC(C)CC. The van der Waals surface area contributed by atoms with Crippen molar-refractivity contribution in [3.8, 4) is 0 Å². The Morgan fingerprint density at radius 3 is 2.69 bits per heavy atom. The highest BCUT2D eigenvalue weighted by Gasteiger charge is 2.14. The number of hydrogen-bond donors (Lipinski definition) is 1. The number of allylic oxidation sites excluding steroid dienone is 1. The van der Waals surface area contributed by atoms with Gasteiger partial charge in [0.1, 0.15) is 5.82 Å². The van der Waals surface area contributed by atoms with Crippen molar-refractivity contribution in [1.82, 2.24) is 20.1 Å². The molecule has 1 aromatic carbocycles. The van der Waals surface area contributed by atoms with Gasteiger partial charge < -0.3 is 9.88 Å². The maximum atomic E-state index is 12.0. The van der Waals surface area contributed by atoms with E-state index < -0.39 is 0 Å². The predicted octanol–water partition coefficient (Wildman–Crippen LogP) is 4.07. The summed E-state index contributed by atoms with van der Waals surface area (Å²) in [6.07, 6.45) is 2.75. The first-order chi connectivity index (χ1) is 12.5. The van der Waals surface area contributed by atoms with Gasteiger partial charge in [-0.2, -0.15) is 0 Å². The topological polar surface area (TPSA) is 59.8 Å². The molecule has 0 aliphatic carbocycles. The Hall–Kier alpha value is -1.73. The summed E-state index contributed by atoms with van der Waals surface area (Å²) in [5, 5.41) is 12.3. The molecule has 1 aromatic heterocycles. The summed E-state index contributed by atoms with van der Waals surface area (Å²) >= 11 is 3.14. The Balaban J connectivity index is 1.98. The molecule has 0 aliphatic heterocycles. The van der Waals surface area contributed by atoms with E-state index >= 15 is 0 Å². The monoisotopic (exact) mass is 390 g/mol. The Kier molecular flexibility index (Phi) is 8.25. The molecular formula is C19H26N4OS2. The van der Waals surface area contributed by atoms with Crippen molar-refractivity contribution in [2.75, 3.05) is 5.75 Å². The molecule has 26 heavy (non-hydrogen) atoms. The lowest BCUT2D eigenvalue weighted by Crippen LogP contribution is -2.33. The number of carbonyl (C=O) groups excluding carboxylic acids is 1. The van der Waals surface area contributed by atoms with Crippen LogP contribution in [0.15, 0.2) is 47.0 Å². The molecule has 0 spiro atoms. The van der Waals surface area contributed by atoms with Gasteiger partial charge in [0.15, 0.2) is 5.16 Å². The van der Waals surface area contributed by atoms with E-state index in [0.29, 0.717) is 12.3 Å². The summed E-state index contributed by atoms with van der Waals surface area (Å²) in [7, 11) is 0. The fourth-order valence-corrected chi connectivity index (χ4v) is 3.79. The lowest BCUT2D eigenvalue weighted by atomic mass is 10.2. The second-order valence-electron chi connectivity index (χ2n) is 6.07. The van der Waals surface area contributed by atoms with Gasteiger partial charge in [-0.3, -0.25) is 4.79 Å². The quantitative estimate of drug-likeness (QED) is 0.489. The lowest BCUT2D eigenvalue weighted by molar-refractivity contribution is -0.119. The molecule has 1 unspecified atom stereocenters. The van der Waals surface area contributed by atoms with Gasteiger partial charge in [0, 0.05) is 17.5 Å². The average Bonchev–Trinajstić information content (AvgIpc) is 3.01. The maximum Gasteiger partial charge on any atom is 0.230 e. The molecule has 2 aromatic rings. The van der Waals surface area contributed by atoms with Crippen LogP contribution >= 0.6 is 23.5 Å². The summed E-state index contributed by atoms with van der Waals surface area (Å²) in [6.45, 7) is 10.6. The molecule has 1 amide bonds. The Morgan fingerprint density at radius 1 is 1.31 bits per heavy atom. The minimum Gasteiger partial charge on any atom is -0.353 e. The number of thioether (sulfide) groups is 2. The number of hydrogen-bond acceptors (Lipinski definition) is 5. The molecular weight excluding hydrogens is 364 g/mol. The van der Waals surface area contributed by atoms with Gasteiger partial charge in [0.05, 0.1) is 11.5 Å². The van der Waals surface area contributed by atoms with E-state index in [1.165, 1.54) is 22.2 Å². The standard InChI is InChI=1S/C19H26N4OS2/c1-5-11-23-17(12-25-16-9-7-14(3)8-10-16)21-22-19(23)26-13-18(24)20-15(4)6-2/h5,7-10,15H,1,6,11-13H2,2-4H3,(H,20,24).